The third kappa shape index (κ3) is 2.25. The quantitative estimate of drug-likeness (QED) is 0.591. The fraction of sp³-hybridized carbons (Fsp3) is 0.111. The van der Waals surface area contributed by atoms with E-state index in [0.717, 1.165) is 10.7 Å². The lowest BCUT2D eigenvalue weighted by Crippen LogP contribution is -2.01. The summed E-state index contributed by atoms with van der Waals surface area (Å²) in [5, 5.41) is 0.762. The molecule has 1 heterocycles. The third-order valence-corrected chi connectivity index (χ3v) is 3.79. The maximum absolute atomic E-state index is 6.17. The Balaban J connectivity index is 2.24. The molecule has 0 aliphatic carbocycles. The SMILES string of the molecule is Cc1ccc(Cl)cc1-n1c(C)ccc1-c1ccccc1. The van der Waals surface area contributed by atoms with Gasteiger partial charge in [-0.3, -0.25) is 0 Å². The molecule has 0 saturated carbocycles. The van der Waals surface area contributed by atoms with Crippen LogP contribution in [0.25, 0.3) is 16.9 Å². The normalized spacial score (nSPS) is 10.8. The van der Waals surface area contributed by atoms with Crippen molar-refractivity contribution in [2.24, 2.45) is 0 Å². The number of benzene rings is 2. The maximum atomic E-state index is 6.17. The van der Waals surface area contributed by atoms with Crippen molar-refractivity contribution in [2.45, 2.75) is 13.8 Å². The van der Waals surface area contributed by atoms with Crippen LogP contribution in [0.4, 0.5) is 0 Å². The minimum atomic E-state index is 0.762. The average Bonchev–Trinajstić information content (AvgIpc) is 2.84. The van der Waals surface area contributed by atoms with Crippen LogP contribution in [0.5, 0.6) is 0 Å². The van der Waals surface area contributed by atoms with Crippen LogP contribution >= 0.6 is 11.6 Å². The van der Waals surface area contributed by atoms with E-state index < -0.39 is 0 Å². The van der Waals surface area contributed by atoms with Crippen LogP contribution in [0, 0.1) is 13.8 Å². The van der Waals surface area contributed by atoms with Gasteiger partial charge < -0.3 is 4.57 Å². The Hall–Kier alpha value is -1.99. The summed E-state index contributed by atoms with van der Waals surface area (Å²) in [5.41, 5.74) is 5.95. The third-order valence-electron chi connectivity index (χ3n) is 3.56. The van der Waals surface area contributed by atoms with Gasteiger partial charge in [-0.25, -0.2) is 0 Å². The molecule has 0 N–H and O–H groups in total. The van der Waals surface area contributed by atoms with E-state index in [-0.39, 0.29) is 0 Å². The second-order valence-electron chi connectivity index (χ2n) is 4.99. The first-order chi connectivity index (χ1) is 9.66. The molecule has 1 aromatic heterocycles. The first kappa shape index (κ1) is 13.0. The molecular weight excluding hydrogens is 266 g/mol. The second-order valence-corrected chi connectivity index (χ2v) is 5.43. The highest BCUT2D eigenvalue weighted by Gasteiger charge is 2.11. The second kappa shape index (κ2) is 5.18. The molecule has 0 amide bonds. The van der Waals surface area contributed by atoms with Gasteiger partial charge in [0, 0.05) is 10.7 Å². The van der Waals surface area contributed by atoms with Crippen LogP contribution in [0.2, 0.25) is 5.02 Å². The summed E-state index contributed by atoms with van der Waals surface area (Å²) in [7, 11) is 0. The van der Waals surface area contributed by atoms with Gasteiger partial charge in [0.2, 0.25) is 0 Å². The number of hydrogen-bond donors (Lipinski definition) is 0. The topological polar surface area (TPSA) is 4.93 Å². The van der Waals surface area contributed by atoms with Gasteiger partial charge in [0.15, 0.2) is 0 Å². The van der Waals surface area contributed by atoms with Crippen molar-refractivity contribution in [2.75, 3.05) is 0 Å². The van der Waals surface area contributed by atoms with Gasteiger partial charge in [0.25, 0.3) is 0 Å². The van der Waals surface area contributed by atoms with Crippen LogP contribution in [-0.2, 0) is 0 Å². The predicted molar refractivity (Wildman–Crippen MR) is 85.7 cm³/mol. The molecule has 0 fully saturated rings. The Kier molecular flexibility index (Phi) is 3.37. The average molecular weight is 282 g/mol. The van der Waals surface area contributed by atoms with Gasteiger partial charge in [0.05, 0.1) is 11.4 Å². The number of halogens is 1. The molecule has 0 unspecified atom stereocenters. The summed E-state index contributed by atoms with van der Waals surface area (Å²) in [6.45, 7) is 4.23. The van der Waals surface area contributed by atoms with Crippen molar-refractivity contribution in [3.8, 4) is 16.9 Å². The lowest BCUT2D eigenvalue weighted by molar-refractivity contribution is 1.01. The molecule has 20 heavy (non-hydrogen) atoms. The van der Waals surface area contributed by atoms with E-state index in [1.807, 2.05) is 18.2 Å². The summed E-state index contributed by atoms with van der Waals surface area (Å²) in [6, 6.07) is 20.7. The van der Waals surface area contributed by atoms with E-state index in [1.54, 1.807) is 0 Å². The minimum absolute atomic E-state index is 0.762. The van der Waals surface area contributed by atoms with Crippen molar-refractivity contribution in [1.29, 1.82) is 0 Å². The molecular formula is C18H16ClN. The van der Waals surface area contributed by atoms with Crippen LogP contribution in [0.3, 0.4) is 0 Å². The molecule has 2 aromatic carbocycles. The minimum Gasteiger partial charge on any atom is -0.314 e. The Morgan fingerprint density at radius 3 is 2.35 bits per heavy atom. The molecule has 3 rings (SSSR count). The zero-order valence-electron chi connectivity index (χ0n) is 11.6. The summed E-state index contributed by atoms with van der Waals surface area (Å²) < 4.78 is 2.26. The maximum Gasteiger partial charge on any atom is 0.0531 e. The molecule has 2 heteroatoms. The van der Waals surface area contributed by atoms with Gasteiger partial charge in [-0.2, -0.15) is 0 Å². The highest BCUT2D eigenvalue weighted by atomic mass is 35.5. The van der Waals surface area contributed by atoms with E-state index in [4.69, 9.17) is 11.6 Å². The molecule has 0 radical (unpaired) electrons. The Morgan fingerprint density at radius 1 is 0.850 bits per heavy atom. The monoisotopic (exact) mass is 281 g/mol. The zero-order chi connectivity index (χ0) is 14.1. The van der Waals surface area contributed by atoms with Crippen molar-refractivity contribution in [3.63, 3.8) is 0 Å². The molecule has 0 saturated heterocycles. The number of hydrogen-bond acceptors (Lipinski definition) is 0. The summed E-state index contributed by atoms with van der Waals surface area (Å²) in [6.07, 6.45) is 0. The van der Waals surface area contributed by atoms with Gasteiger partial charge in [0.1, 0.15) is 0 Å². The van der Waals surface area contributed by atoms with Gasteiger partial charge in [-0.1, -0.05) is 48.0 Å². The summed E-state index contributed by atoms with van der Waals surface area (Å²) in [4.78, 5) is 0. The van der Waals surface area contributed by atoms with Crippen molar-refractivity contribution in [1.82, 2.24) is 4.57 Å². The van der Waals surface area contributed by atoms with E-state index in [9.17, 15) is 0 Å². The number of nitrogens with zero attached hydrogens (tertiary/aromatic N) is 1. The number of aryl methyl sites for hydroxylation is 2. The highest BCUT2D eigenvalue weighted by Crippen LogP contribution is 2.29. The fourth-order valence-corrected chi connectivity index (χ4v) is 2.68. The van der Waals surface area contributed by atoms with Crippen LogP contribution in [0.1, 0.15) is 11.3 Å². The Bertz CT molecular complexity index is 741. The smallest absolute Gasteiger partial charge is 0.0531 e. The lowest BCUT2D eigenvalue weighted by Gasteiger charge is -2.15. The molecule has 3 aromatic rings. The predicted octanol–water partition coefficient (Wildman–Crippen LogP) is 5.41. The van der Waals surface area contributed by atoms with Gasteiger partial charge in [-0.05, 0) is 49.2 Å². The Labute approximate surface area is 124 Å². The molecule has 0 spiro atoms. The van der Waals surface area contributed by atoms with E-state index in [1.165, 1.54) is 22.5 Å². The van der Waals surface area contributed by atoms with E-state index in [2.05, 4.69) is 60.9 Å². The number of aromatic nitrogens is 1. The summed E-state index contributed by atoms with van der Waals surface area (Å²) in [5.74, 6) is 0. The van der Waals surface area contributed by atoms with E-state index >= 15 is 0 Å². The zero-order valence-corrected chi connectivity index (χ0v) is 12.4. The van der Waals surface area contributed by atoms with Crippen LogP contribution in [0.15, 0.2) is 60.7 Å². The van der Waals surface area contributed by atoms with Crippen molar-refractivity contribution < 1.29 is 0 Å². The molecule has 100 valence electrons. The fourth-order valence-electron chi connectivity index (χ4n) is 2.52. The van der Waals surface area contributed by atoms with Gasteiger partial charge >= 0.3 is 0 Å². The standard InChI is InChI=1S/C18H16ClN/c1-13-8-10-16(19)12-18(13)20-14(2)9-11-17(20)15-6-4-3-5-7-15/h3-12H,1-2H3. The number of rotatable bonds is 2. The molecule has 0 atom stereocenters. The largest absolute Gasteiger partial charge is 0.314 e. The van der Waals surface area contributed by atoms with Crippen molar-refractivity contribution >= 4 is 11.6 Å². The molecule has 0 aliphatic heterocycles. The first-order valence-electron chi connectivity index (χ1n) is 6.67. The highest BCUT2D eigenvalue weighted by molar-refractivity contribution is 6.30. The molecule has 1 nitrogen and oxygen atoms in total. The van der Waals surface area contributed by atoms with Crippen molar-refractivity contribution in [3.05, 3.63) is 76.9 Å². The van der Waals surface area contributed by atoms with Crippen LogP contribution in [-0.4, -0.2) is 4.57 Å². The molecule has 0 bridgehead atoms. The van der Waals surface area contributed by atoms with Crippen LogP contribution < -0.4 is 0 Å². The van der Waals surface area contributed by atoms with E-state index in [0.29, 0.717) is 0 Å². The first-order valence-corrected chi connectivity index (χ1v) is 7.05. The summed E-state index contributed by atoms with van der Waals surface area (Å²) >= 11 is 6.17. The molecule has 0 aliphatic rings. The van der Waals surface area contributed by atoms with Gasteiger partial charge in [-0.15, -0.1) is 0 Å². The Morgan fingerprint density at radius 2 is 1.60 bits per heavy atom. The lowest BCUT2D eigenvalue weighted by atomic mass is 10.1.